The Labute approximate surface area is 403 Å². The van der Waals surface area contributed by atoms with Crippen molar-refractivity contribution in [1.29, 1.82) is 0 Å². The van der Waals surface area contributed by atoms with Gasteiger partial charge in [0.05, 0.1) is 51.2 Å². The van der Waals surface area contributed by atoms with Crippen LogP contribution in [0.3, 0.4) is 0 Å². The quantitative estimate of drug-likeness (QED) is 0.0421. The van der Waals surface area contributed by atoms with Gasteiger partial charge in [-0.15, -0.1) is 0 Å². The van der Waals surface area contributed by atoms with Crippen molar-refractivity contribution < 1.29 is 57.0 Å². The highest BCUT2D eigenvalue weighted by molar-refractivity contribution is 5.36. The highest BCUT2D eigenvalue weighted by Gasteiger charge is 2.54. The maximum absolute atomic E-state index is 11.6. The average Bonchev–Trinajstić information content (AvgIpc) is 3.39. The average molecular weight is 942 g/mol. The van der Waals surface area contributed by atoms with Crippen molar-refractivity contribution in [3.8, 4) is 5.75 Å². The van der Waals surface area contributed by atoms with E-state index in [1.165, 1.54) is 24.3 Å². The standard InChI is InChI=1S/C55H59NO13/c1-59-48-46(37-61-32-39-18-8-3-9-19-39)67-55(52(50(48)60-2)64-35-42-24-14-6-15-25-42)69-49-47(38-62-33-40-20-10-4-11-21-40)68-54(66-45-30-28-44(29-31-45)56(57)58)53(65-36-43-26-16-7-17-27-43)51(49)63-34-41-22-12-5-13-23-41/h3-31,46-55H,32-38H2,1-2H3/t46-,47-,48+,49-,50+,51+,52-,53-,54-,55+/m1/s1. The van der Waals surface area contributed by atoms with Gasteiger partial charge in [-0.25, -0.2) is 0 Å². The van der Waals surface area contributed by atoms with Crippen LogP contribution in [0.5, 0.6) is 5.75 Å². The fourth-order valence-electron chi connectivity index (χ4n) is 8.46. The van der Waals surface area contributed by atoms with Gasteiger partial charge in [-0.1, -0.05) is 152 Å². The first kappa shape index (κ1) is 49.5. The van der Waals surface area contributed by atoms with E-state index in [4.69, 9.17) is 52.1 Å². The molecule has 0 saturated carbocycles. The lowest BCUT2D eigenvalue weighted by Crippen LogP contribution is -2.66. The van der Waals surface area contributed by atoms with E-state index in [1.54, 1.807) is 14.2 Å². The number of nitro groups is 1. The molecule has 2 heterocycles. The molecule has 69 heavy (non-hydrogen) atoms. The second kappa shape index (κ2) is 25.6. The molecule has 0 unspecified atom stereocenters. The third-order valence-corrected chi connectivity index (χ3v) is 12.0. The van der Waals surface area contributed by atoms with Crippen molar-refractivity contribution in [3.05, 3.63) is 214 Å². The Morgan fingerprint density at radius 2 is 0.812 bits per heavy atom. The van der Waals surface area contributed by atoms with Crippen LogP contribution in [0.15, 0.2) is 176 Å². The van der Waals surface area contributed by atoms with Gasteiger partial charge in [0.15, 0.2) is 6.29 Å². The third kappa shape index (κ3) is 13.9. The minimum absolute atomic E-state index is 0.0244. The van der Waals surface area contributed by atoms with Crippen LogP contribution in [0, 0.1) is 10.1 Å². The van der Waals surface area contributed by atoms with E-state index < -0.39 is 66.3 Å². The lowest BCUT2D eigenvalue weighted by Gasteiger charge is -2.49. The Morgan fingerprint density at radius 3 is 1.23 bits per heavy atom. The van der Waals surface area contributed by atoms with Crippen LogP contribution in [0.4, 0.5) is 5.69 Å². The van der Waals surface area contributed by atoms with Crippen molar-refractivity contribution in [2.24, 2.45) is 0 Å². The van der Waals surface area contributed by atoms with Crippen molar-refractivity contribution >= 4 is 5.69 Å². The van der Waals surface area contributed by atoms with Gasteiger partial charge in [0.1, 0.15) is 54.6 Å². The molecule has 2 fully saturated rings. The van der Waals surface area contributed by atoms with E-state index in [1.807, 2.05) is 152 Å². The number of benzene rings is 6. The summed E-state index contributed by atoms with van der Waals surface area (Å²) in [6.07, 6.45) is -8.76. The van der Waals surface area contributed by atoms with Crippen LogP contribution in [-0.4, -0.2) is 93.8 Å². The molecule has 0 spiro atoms. The van der Waals surface area contributed by atoms with Gasteiger partial charge >= 0.3 is 0 Å². The summed E-state index contributed by atoms with van der Waals surface area (Å²) >= 11 is 0. The molecule has 0 amide bonds. The zero-order valence-electron chi connectivity index (χ0n) is 38.7. The lowest BCUT2D eigenvalue weighted by molar-refractivity contribution is -0.384. The molecule has 0 radical (unpaired) electrons. The molecule has 8 rings (SSSR count). The Kier molecular flexibility index (Phi) is 18.4. The van der Waals surface area contributed by atoms with E-state index in [9.17, 15) is 10.1 Å². The molecule has 6 aromatic carbocycles. The Balaban J connectivity index is 1.17. The van der Waals surface area contributed by atoms with Gasteiger partial charge in [-0.05, 0) is 39.9 Å². The topological polar surface area (TPSA) is 145 Å². The van der Waals surface area contributed by atoms with Crippen molar-refractivity contribution in [2.75, 3.05) is 27.4 Å². The van der Waals surface area contributed by atoms with Gasteiger partial charge in [-0.2, -0.15) is 0 Å². The number of nitrogens with zero attached hydrogens (tertiary/aromatic N) is 1. The van der Waals surface area contributed by atoms with Gasteiger partial charge in [0.2, 0.25) is 6.29 Å². The highest BCUT2D eigenvalue weighted by Crippen LogP contribution is 2.37. The van der Waals surface area contributed by atoms with Crippen LogP contribution >= 0.6 is 0 Å². The molecule has 0 aromatic heterocycles. The molecule has 14 nitrogen and oxygen atoms in total. The maximum Gasteiger partial charge on any atom is 0.269 e. The first-order chi connectivity index (χ1) is 33.9. The lowest BCUT2D eigenvalue weighted by atomic mass is 9.96. The zero-order valence-corrected chi connectivity index (χ0v) is 38.7. The molecule has 2 aliphatic rings. The number of non-ortho nitro benzene ring substituents is 1. The summed E-state index contributed by atoms with van der Waals surface area (Å²) < 4.78 is 73.6. The zero-order chi connectivity index (χ0) is 47.6. The van der Waals surface area contributed by atoms with Gasteiger partial charge < -0.3 is 52.1 Å². The number of rotatable bonds is 24. The van der Waals surface area contributed by atoms with Crippen LogP contribution in [0.25, 0.3) is 0 Å². The fraction of sp³-hybridized carbons (Fsp3) is 0.345. The number of nitro benzene ring substituents is 1. The largest absolute Gasteiger partial charge is 0.462 e. The molecular weight excluding hydrogens is 883 g/mol. The molecule has 0 N–H and O–H groups in total. The Hall–Kier alpha value is -5.88. The molecule has 362 valence electrons. The summed E-state index contributed by atoms with van der Waals surface area (Å²) in [5.41, 5.74) is 4.62. The Bertz CT molecular complexity index is 2390. The molecule has 14 heteroatoms. The van der Waals surface area contributed by atoms with Gasteiger partial charge in [0.25, 0.3) is 5.69 Å². The predicted octanol–water partition coefficient (Wildman–Crippen LogP) is 9.03. The second-order valence-corrected chi connectivity index (χ2v) is 16.7. The first-order valence-electron chi connectivity index (χ1n) is 23.1. The summed E-state index contributed by atoms with van der Waals surface area (Å²) in [6, 6.07) is 54.9. The molecular formula is C55H59NO13. The van der Waals surface area contributed by atoms with Crippen LogP contribution < -0.4 is 4.74 Å². The maximum atomic E-state index is 11.6. The molecule has 6 aromatic rings. The van der Waals surface area contributed by atoms with Crippen molar-refractivity contribution in [1.82, 2.24) is 0 Å². The molecule has 0 aliphatic carbocycles. The van der Waals surface area contributed by atoms with E-state index >= 15 is 0 Å². The van der Waals surface area contributed by atoms with Gasteiger partial charge in [-0.3, -0.25) is 10.1 Å². The normalized spacial score (nSPS) is 24.7. The number of hydrogen-bond acceptors (Lipinski definition) is 13. The first-order valence-corrected chi connectivity index (χ1v) is 23.1. The molecule has 2 aliphatic heterocycles. The third-order valence-electron chi connectivity index (χ3n) is 12.0. The van der Waals surface area contributed by atoms with Crippen molar-refractivity contribution in [3.63, 3.8) is 0 Å². The monoisotopic (exact) mass is 941 g/mol. The molecule has 2 saturated heterocycles. The predicted molar refractivity (Wildman–Crippen MR) is 255 cm³/mol. The number of methoxy groups -OCH3 is 2. The van der Waals surface area contributed by atoms with Crippen molar-refractivity contribution in [2.45, 2.75) is 94.4 Å². The second-order valence-electron chi connectivity index (χ2n) is 16.7. The van der Waals surface area contributed by atoms with Crippen LogP contribution in [-0.2, 0) is 80.4 Å². The van der Waals surface area contributed by atoms with Gasteiger partial charge in [0, 0.05) is 26.4 Å². The minimum Gasteiger partial charge on any atom is -0.462 e. The van der Waals surface area contributed by atoms with E-state index in [0.29, 0.717) is 12.4 Å². The number of ether oxygens (including phenoxy) is 11. The summed E-state index contributed by atoms with van der Waals surface area (Å²) in [6.45, 7) is 1.33. The highest BCUT2D eigenvalue weighted by atomic mass is 16.8. The summed E-state index contributed by atoms with van der Waals surface area (Å²) in [7, 11) is 3.23. The summed E-state index contributed by atoms with van der Waals surface area (Å²) in [5.74, 6) is 0.320. The van der Waals surface area contributed by atoms with E-state index in [-0.39, 0.29) is 45.3 Å². The van der Waals surface area contributed by atoms with Crippen LogP contribution in [0.2, 0.25) is 0 Å². The minimum atomic E-state index is -1.12. The Morgan fingerprint density at radius 1 is 0.435 bits per heavy atom. The molecule has 0 bridgehead atoms. The summed E-state index contributed by atoms with van der Waals surface area (Å²) in [5, 5.41) is 11.6. The molecule has 10 atom stereocenters. The summed E-state index contributed by atoms with van der Waals surface area (Å²) in [4.78, 5) is 11.2. The number of hydrogen-bond donors (Lipinski definition) is 0. The SMILES string of the molecule is CO[C@H]1[C@@H](OC)[C@@H](COCc2ccccc2)O[C@@H](O[C@H]2[C@H](OCc3ccccc3)[C@@H](OCc3ccccc3)[C@H](Oc3ccc([N+](=O)[O-])cc3)O[C@@H]2COCc2ccccc2)[C@@H]1OCc1ccccc1. The fourth-order valence-corrected chi connectivity index (χ4v) is 8.46. The van der Waals surface area contributed by atoms with Crippen LogP contribution in [0.1, 0.15) is 27.8 Å². The van der Waals surface area contributed by atoms with E-state index in [2.05, 4.69) is 0 Å². The smallest absolute Gasteiger partial charge is 0.269 e. The van der Waals surface area contributed by atoms with E-state index in [0.717, 1.165) is 27.8 Å².